The standard InChI is InChI=1S/C10H16BrNO5/c1-10(2,3)17-9(16)12-6(4-8(14)15)7(13)5-11/h6H,4-5H2,1-3H3,(H,12,16)(H,14,15). The fourth-order valence-corrected chi connectivity index (χ4v) is 1.35. The quantitative estimate of drug-likeness (QED) is 0.747. The molecule has 2 N–H and O–H groups in total. The Bertz CT molecular complexity index is 310. The summed E-state index contributed by atoms with van der Waals surface area (Å²) in [6.07, 6.45) is -1.28. The predicted octanol–water partition coefficient (Wildman–Crippen LogP) is 1.32. The largest absolute Gasteiger partial charge is 0.481 e. The number of hydrogen-bond donors (Lipinski definition) is 2. The van der Waals surface area contributed by atoms with Crippen molar-refractivity contribution in [3.63, 3.8) is 0 Å². The zero-order valence-corrected chi connectivity index (χ0v) is 11.5. The van der Waals surface area contributed by atoms with Crippen LogP contribution in [0, 0.1) is 0 Å². The summed E-state index contributed by atoms with van der Waals surface area (Å²) in [6, 6.07) is -1.08. The third kappa shape index (κ3) is 7.73. The van der Waals surface area contributed by atoms with Gasteiger partial charge in [0.15, 0.2) is 5.78 Å². The first kappa shape index (κ1) is 15.9. The number of carbonyl (C=O) groups excluding carboxylic acids is 2. The van der Waals surface area contributed by atoms with Crippen LogP contribution >= 0.6 is 15.9 Å². The summed E-state index contributed by atoms with van der Waals surface area (Å²) >= 11 is 2.92. The number of Topliss-reactive ketones (excluding diaryl/α,β-unsaturated/α-hetero) is 1. The molecular weight excluding hydrogens is 294 g/mol. The molecule has 0 aromatic carbocycles. The highest BCUT2D eigenvalue weighted by atomic mass is 79.9. The topological polar surface area (TPSA) is 92.7 Å². The molecule has 0 bridgehead atoms. The molecule has 0 radical (unpaired) electrons. The molecule has 0 aliphatic heterocycles. The summed E-state index contributed by atoms with van der Waals surface area (Å²) in [5, 5.41) is 10.8. The van der Waals surface area contributed by atoms with Gasteiger partial charge in [0, 0.05) is 0 Å². The first-order valence-electron chi connectivity index (χ1n) is 4.95. The number of alkyl carbamates (subject to hydrolysis) is 1. The Hall–Kier alpha value is -1.11. The molecule has 6 nitrogen and oxygen atoms in total. The molecule has 0 aliphatic carbocycles. The second-order valence-electron chi connectivity index (χ2n) is 4.40. The number of aliphatic carboxylic acids is 1. The lowest BCUT2D eigenvalue weighted by atomic mass is 10.1. The molecule has 1 amide bonds. The summed E-state index contributed by atoms with van der Waals surface area (Å²) in [5.74, 6) is -1.58. The molecule has 0 fully saturated rings. The van der Waals surface area contributed by atoms with Crippen molar-refractivity contribution in [3.05, 3.63) is 0 Å². The zero-order valence-electron chi connectivity index (χ0n) is 9.95. The Kier molecular flexibility index (Phi) is 6.15. The van der Waals surface area contributed by atoms with E-state index in [0.717, 1.165) is 0 Å². The van der Waals surface area contributed by atoms with Crippen LogP contribution in [0.3, 0.4) is 0 Å². The molecule has 0 rings (SSSR count). The number of ketones is 1. The van der Waals surface area contributed by atoms with E-state index in [1.807, 2.05) is 0 Å². The monoisotopic (exact) mass is 309 g/mol. The van der Waals surface area contributed by atoms with Crippen LogP contribution < -0.4 is 5.32 Å². The SMILES string of the molecule is CC(C)(C)OC(=O)NC(CC(=O)O)C(=O)CBr. The number of amides is 1. The van der Waals surface area contributed by atoms with Crippen LogP contribution in [0.1, 0.15) is 27.2 Å². The van der Waals surface area contributed by atoms with Crippen molar-refractivity contribution in [1.29, 1.82) is 0 Å². The molecule has 0 aliphatic rings. The number of ether oxygens (including phenoxy) is 1. The predicted molar refractivity (Wildman–Crippen MR) is 64.2 cm³/mol. The Morgan fingerprint density at radius 1 is 1.35 bits per heavy atom. The van der Waals surface area contributed by atoms with Crippen LogP contribution in [0.15, 0.2) is 0 Å². The first-order chi connectivity index (χ1) is 7.65. The van der Waals surface area contributed by atoms with E-state index in [4.69, 9.17) is 9.84 Å². The molecule has 0 aromatic rings. The summed E-state index contributed by atoms with van der Waals surface area (Å²) in [6.45, 7) is 5.02. The van der Waals surface area contributed by atoms with E-state index in [1.54, 1.807) is 20.8 Å². The lowest BCUT2D eigenvalue weighted by Gasteiger charge is -2.22. The van der Waals surface area contributed by atoms with Crippen LogP contribution in [0.25, 0.3) is 0 Å². The molecule has 0 spiro atoms. The van der Waals surface area contributed by atoms with Gasteiger partial charge in [0.05, 0.1) is 11.8 Å². The van der Waals surface area contributed by atoms with Gasteiger partial charge in [-0.05, 0) is 20.8 Å². The van der Waals surface area contributed by atoms with E-state index in [0.29, 0.717) is 0 Å². The molecule has 7 heteroatoms. The normalized spacial score (nSPS) is 12.7. The maximum absolute atomic E-state index is 11.4. The van der Waals surface area contributed by atoms with E-state index in [9.17, 15) is 14.4 Å². The highest BCUT2D eigenvalue weighted by Crippen LogP contribution is 2.07. The van der Waals surface area contributed by atoms with Crippen molar-refractivity contribution in [3.8, 4) is 0 Å². The van der Waals surface area contributed by atoms with E-state index < -0.39 is 35.9 Å². The van der Waals surface area contributed by atoms with Gasteiger partial charge in [0.25, 0.3) is 0 Å². The second-order valence-corrected chi connectivity index (χ2v) is 4.96. The van der Waals surface area contributed by atoms with Gasteiger partial charge < -0.3 is 15.2 Å². The van der Waals surface area contributed by atoms with Crippen molar-refractivity contribution >= 4 is 33.8 Å². The molecule has 0 saturated carbocycles. The third-order valence-corrected chi connectivity index (χ3v) is 2.14. The smallest absolute Gasteiger partial charge is 0.408 e. The summed E-state index contributed by atoms with van der Waals surface area (Å²) in [5.41, 5.74) is -0.699. The highest BCUT2D eigenvalue weighted by molar-refractivity contribution is 9.09. The molecule has 17 heavy (non-hydrogen) atoms. The lowest BCUT2D eigenvalue weighted by Crippen LogP contribution is -2.45. The van der Waals surface area contributed by atoms with Crippen LogP contribution in [0.2, 0.25) is 0 Å². The summed E-state index contributed by atoms with van der Waals surface area (Å²) in [4.78, 5) is 33.3. The number of carboxylic acids is 1. The van der Waals surface area contributed by atoms with E-state index in [2.05, 4.69) is 21.2 Å². The summed E-state index contributed by atoms with van der Waals surface area (Å²) < 4.78 is 4.93. The Morgan fingerprint density at radius 3 is 2.24 bits per heavy atom. The van der Waals surface area contributed by atoms with E-state index >= 15 is 0 Å². The number of carboxylic acid groups (broad SMARTS) is 1. The number of carbonyl (C=O) groups is 3. The van der Waals surface area contributed by atoms with Gasteiger partial charge in [-0.1, -0.05) is 15.9 Å². The Morgan fingerprint density at radius 2 is 1.88 bits per heavy atom. The molecule has 0 heterocycles. The maximum Gasteiger partial charge on any atom is 0.408 e. The number of rotatable bonds is 5. The Balaban J connectivity index is 4.48. The third-order valence-electron chi connectivity index (χ3n) is 1.59. The van der Waals surface area contributed by atoms with Crippen LogP contribution in [0.4, 0.5) is 4.79 Å². The highest BCUT2D eigenvalue weighted by Gasteiger charge is 2.25. The fraction of sp³-hybridized carbons (Fsp3) is 0.700. The van der Waals surface area contributed by atoms with E-state index in [-0.39, 0.29) is 5.33 Å². The zero-order chi connectivity index (χ0) is 13.6. The second kappa shape index (κ2) is 6.58. The minimum absolute atomic E-state index is 0.0270. The van der Waals surface area contributed by atoms with Crippen LogP contribution in [0.5, 0.6) is 0 Å². The van der Waals surface area contributed by atoms with Gasteiger partial charge in [0.2, 0.25) is 0 Å². The van der Waals surface area contributed by atoms with Crippen LogP contribution in [-0.2, 0) is 14.3 Å². The average Bonchev–Trinajstić information content (AvgIpc) is 2.11. The minimum atomic E-state index is -1.17. The summed E-state index contributed by atoms with van der Waals surface area (Å²) in [7, 11) is 0. The van der Waals surface area contributed by atoms with Crippen molar-refractivity contribution in [1.82, 2.24) is 5.32 Å². The number of nitrogens with one attached hydrogen (secondary N) is 1. The molecule has 0 aromatic heterocycles. The van der Waals surface area contributed by atoms with Gasteiger partial charge in [0.1, 0.15) is 11.6 Å². The molecular formula is C10H16BrNO5. The lowest BCUT2D eigenvalue weighted by molar-refractivity contribution is -0.139. The number of halogens is 1. The average molecular weight is 310 g/mol. The van der Waals surface area contributed by atoms with Crippen molar-refractivity contribution < 1.29 is 24.2 Å². The van der Waals surface area contributed by atoms with Crippen LogP contribution in [-0.4, -0.2) is 39.9 Å². The molecule has 1 unspecified atom stereocenters. The number of hydrogen-bond acceptors (Lipinski definition) is 4. The first-order valence-corrected chi connectivity index (χ1v) is 6.08. The van der Waals surface area contributed by atoms with Crippen molar-refractivity contribution in [2.24, 2.45) is 0 Å². The fourth-order valence-electron chi connectivity index (χ4n) is 0.963. The van der Waals surface area contributed by atoms with Gasteiger partial charge in [-0.2, -0.15) is 0 Å². The minimum Gasteiger partial charge on any atom is -0.481 e. The Labute approximate surface area is 108 Å². The van der Waals surface area contributed by atoms with Gasteiger partial charge in [-0.3, -0.25) is 9.59 Å². The number of alkyl halides is 1. The molecule has 98 valence electrons. The van der Waals surface area contributed by atoms with Gasteiger partial charge in [-0.25, -0.2) is 4.79 Å². The molecule has 0 saturated heterocycles. The maximum atomic E-state index is 11.4. The van der Waals surface area contributed by atoms with Crippen molar-refractivity contribution in [2.75, 3.05) is 5.33 Å². The molecule has 1 atom stereocenters. The van der Waals surface area contributed by atoms with E-state index in [1.165, 1.54) is 0 Å². The van der Waals surface area contributed by atoms with Gasteiger partial charge >= 0.3 is 12.1 Å². The van der Waals surface area contributed by atoms with Crippen molar-refractivity contribution in [2.45, 2.75) is 38.8 Å². The van der Waals surface area contributed by atoms with Gasteiger partial charge in [-0.15, -0.1) is 0 Å².